The van der Waals surface area contributed by atoms with Gasteiger partial charge in [0.1, 0.15) is 0 Å². The first kappa shape index (κ1) is 16.5. The van der Waals surface area contributed by atoms with Crippen molar-refractivity contribution in [3.05, 3.63) is 34.9 Å². The van der Waals surface area contributed by atoms with Crippen molar-refractivity contribution in [2.75, 3.05) is 6.54 Å². The van der Waals surface area contributed by atoms with E-state index in [-0.39, 0.29) is 0 Å². The quantitative estimate of drug-likeness (QED) is 0.802. The van der Waals surface area contributed by atoms with Gasteiger partial charge < -0.3 is 10.1 Å². The molecule has 0 spiro atoms. The maximum Gasteiger partial charge on any atom is 0.0774 e. The molecule has 1 aliphatic heterocycles. The maximum atomic E-state index is 6.14. The molecule has 0 aromatic heterocycles. The van der Waals surface area contributed by atoms with Crippen LogP contribution in [0.4, 0.5) is 0 Å². The van der Waals surface area contributed by atoms with Crippen LogP contribution in [0.2, 0.25) is 0 Å². The molecular weight excluding hydrogens is 258 g/mol. The predicted octanol–water partition coefficient (Wildman–Crippen LogP) is 4.42. The fraction of sp³-hybridized carbons (Fsp3) is 0.684. The molecule has 0 bridgehead atoms. The lowest BCUT2D eigenvalue weighted by Crippen LogP contribution is -2.32. The summed E-state index contributed by atoms with van der Waals surface area (Å²) in [5, 5.41) is 3.71. The molecule has 1 saturated heterocycles. The minimum absolute atomic E-state index is 0.323. The SMILES string of the molecule is CCCNC(c1ccc(CC)c(CC)c1)C1CCC(C)O1. The van der Waals surface area contributed by atoms with Gasteiger partial charge in [0.2, 0.25) is 0 Å². The summed E-state index contributed by atoms with van der Waals surface area (Å²) < 4.78 is 6.14. The third-order valence-electron chi connectivity index (χ3n) is 4.60. The first-order valence-corrected chi connectivity index (χ1v) is 8.70. The molecule has 1 aromatic carbocycles. The molecular formula is C19H31NO. The first-order chi connectivity index (χ1) is 10.2. The largest absolute Gasteiger partial charge is 0.373 e. The summed E-state index contributed by atoms with van der Waals surface area (Å²) in [5.74, 6) is 0. The van der Waals surface area contributed by atoms with Crippen molar-refractivity contribution in [2.45, 2.75) is 78.0 Å². The van der Waals surface area contributed by atoms with Crippen LogP contribution in [-0.2, 0) is 17.6 Å². The van der Waals surface area contributed by atoms with Gasteiger partial charge in [-0.2, -0.15) is 0 Å². The number of aryl methyl sites for hydroxylation is 2. The second-order valence-corrected chi connectivity index (χ2v) is 6.23. The normalized spacial score (nSPS) is 23.4. The van der Waals surface area contributed by atoms with Crippen LogP contribution in [-0.4, -0.2) is 18.8 Å². The van der Waals surface area contributed by atoms with Gasteiger partial charge >= 0.3 is 0 Å². The van der Waals surface area contributed by atoms with Crippen molar-refractivity contribution >= 4 is 0 Å². The third kappa shape index (κ3) is 4.08. The number of ether oxygens (including phenoxy) is 1. The highest BCUT2D eigenvalue weighted by molar-refractivity contribution is 5.34. The number of hydrogen-bond donors (Lipinski definition) is 1. The van der Waals surface area contributed by atoms with Gasteiger partial charge in [-0.3, -0.25) is 0 Å². The van der Waals surface area contributed by atoms with E-state index in [4.69, 9.17) is 4.74 Å². The molecule has 2 rings (SSSR count). The average molecular weight is 289 g/mol. The van der Waals surface area contributed by atoms with Crippen LogP contribution in [0.25, 0.3) is 0 Å². The van der Waals surface area contributed by atoms with Crippen molar-refractivity contribution < 1.29 is 4.74 Å². The predicted molar refractivity (Wildman–Crippen MR) is 89.8 cm³/mol. The molecule has 1 heterocycles. The highest BCUT2D eigenvalue weighted by Crippen LogP contribution is 2.31. The summed E-state index contributed by atoms with van der Waals surface area (Å²) in [5.41, 5.74) is 4.37. The van der Waals surface area contributed by atoms with Crippen LogP contribution in [0, 0.1) is 0 Å². The molecule has 0 amide bonds. The van der Waals surface area contributed by atoms with Crippen molar-refractivity contribution in [3.63, 3.8) is 0 Å². The fourth-order valence-electron chi connectivity index (χ4n) is 3.36. The minimum atomic E-state index is 0.323. The summed E-state index contributed by atoms with van der Waals surface area (Å²) in [4.78, 5) is 0. The molecule has 2 nitrogen and oxygen atoms in total. The molecule has 3 unspecified atom stereocenters. The van der Waals surface area contributed by atoms with E-state index in [9.17, 15) is 0 Å². The smallest absolute Gasteiger partial charge is 0.0774 e. The van der Waals surface area contributed by atoms with Gasteiger partial charge in [-0.25, -0.2) is 0 Å². The van der Waals surface area contributed by atoms with Crippen molar-refractivity contribution in [1.29, 1.82) is 0 Å². The fourth-order valence-corrected chi connectivity index (χ4v) is 3.36. The molecule has 0 aliphatic carbocycles. The van der Waals surface area contributed by atoms with E-state index in [1.54, 1.807) is 0 Å². The van der Waals surface area contributed by atoms with Crippen molar-refractivity contribution in [1.82, 2.24) is 5.32 Å². The Hall–Kier alpha value is -0.860. The molecule has 118 valence electrons. The second kappa shape index (κ2) is 7.95. The Morgan fingerprint density at radius 1 is 1.14 bits per heavy atom. The lowest BCUT2D eigenvalue weighted by atomic mass is 9.93. The Labute approximate surface area is 130 Å². The van der Waals surface area contributed by atoms with Gasteiger partial charge in [-0.1, -0.05) is 39.0 Å². The second-order valence-electron chi connectivity index (χ2n) is 6.23. The van der Waals surface area contributed by atoms with Gasteiger partial charge in [0.15, 0.2) is 0 Å². The zero-order valence-corrected chi connectivity index (χ0v) is 14.1. The number of hydrogen-bond acceptors (Lipinski definition) is 2. The van der Waals surface area contributed by atoms with Gasteiger partial charge in [-0.15, -0.1) is 0 Å². The van der Waals surface area contributed by atoms with Crippen LogP contribution >= 0.6 is 0 Å². The van der Waals surface area contributed by atoms with Gasteiger partial charge in [-0.05, 0) is 62.3 Å². The van der Waals surface area contributed by atoms with E-state index >= 15 is 0 Å². The van der Waals surface area contributed by atoms with Crippen LogP contribution < -0.4 is 5.32 Å². The van der Waals surface area contributed by atoms with E-state index < -0.39 is 0 Å². The van der Waals surface area contributed by atoms with E-state index in [1.807, 2.05) is 0 Å². The van der Waals surface area contributed by atoms with Gasteiger partial charge in [0.05, 0.1) is 18.2 Å². The Balaban J connectivity index is 2.23. The molecule has 1 N–H and O–H groups in total. The summed E-state index contributed by atoms with van der Waals surface area (Å²) in [6.45, 7) is 9.95. The Morgan fingerprint density at radius 2 is 1.90 bits per heavy atom. The Morgan fingerprint density at radius 3 is 2.48 bits per heavy atom. The summed E-state index contributed by atoms with van der Waals surface area (Å²) >= 11 is 0. The molecule has 0 radical (unpaired) electrons. The Bertz CT molecular complexity index is 443. The third-order valence-corrected chi connectivity index (χ3v) is 4.60. The molecule has 1 aliphatic rings. The monoisotopic (exact) mass is 289 g/mol. The van der Waals surface area contributed by atoms with E-state index in [0.29, 0.717) is 18.2 Å². The van der Waals surface area contributed by atoms with E-state index in [0.717, 1.165) is 25.8 Å². The molecule has 21 heavy (non-hydrogen) atoms. The molecule has 2 heteroatoms. The van der Waals surface area contributed by atoms with Crippen LogP contribution in [0.15, 0.2) is 18.2 Å². The van der Waals surface area contributed by atoms with Crippen molar-refractivity contribution in [2.24, 2.45) is 0 Å². The zero-order chi connectivity index (χ0) is 15.2. The van der Waals surface area contributed by atoms with Gasteiger partial charge in [0.25, 0.3) is 0 Å². The van der Waals surface area contributed by atoms with Crippen LogP contribution in [0.1, 0.15) is 69.7 Å². The minimum Gasteiger partial charge on any atom is -0.373 e. The number of rotatable bonds is 7. The molecule has 1 fully saturated rings. The number of nitrogens with one attached hydrogen (secondary N) is 1. The van der Waals surface area contributed by atoms with E-state index in [2.05, 4.69) is 51.2 Å². The van der Waals surface area contributed by atoms with Crippen LogP contribution in [0.3, 0.4) is 0 Å². The lowest BCUT2D eigenvalue weighted by molar-refractivity contribution is 0.0316. The van der Waals surface area contributed by atoms with Crippen molar-refractivity contribution in [3.8, 4) is 0 Å². The maximum absolute atomic E-state index is 6.14. The topological polar surface area (TPSA) is 21.3 Å². The number of benzene rings is 1. The molecule has 1 aromatic rings. The highest BCUT2D eigenvalue weighted by atomic mass is 16.5. The van der Waals surface area contributed by atoms with Crippen LogP contribution in [0.5, 0.6) is 0 Å². The Kier molecular flexibility index (Phi) is 6.25. The summed E-state index contributed by atoms with van der Waals surface area (Å²) in [6.07, 6.45) is 6.46. The molecule has 3 atom stereocenters. The van der Waals surface area contributed by atoms with Gasteiger partial charge in [0, 0.05) is 0 Å². The first-order valence-electron chi connectivity index (χ1n) is 8.70. The van der Waals surface area contributed by atoms with E-state index in [1.165, 1.54) is 29.5 Å². The zero-order valence-electron chi connectivity index (χ0n) is 14.1. The standard InChI is InChI=1S/C19H31NO/c1-5-12-20-19(18-11-8-14(4)21-18)17-10-9-15(6-2)16(7-3)13-17/h9-10,13-14,18-20H,5-8,11-12H2,1-4H3. The summed E-state index contributed by atoms with van der Waals surface area (Å²) in [7, 11) is 0. The highest BCUT2D eigenvalue weighted by Gasteiger charge is 2.30. The summed E-state index contributed by atoms with van der Waals surface area (Å²) in [6, 6.07) is 7.36. The lowest BCUT2D eigenvalue weighted by Gasteiger charge is -2.26. The molecule has 0 saturated carbocycles. The average Bonchev–Trinajstić information content (AvgIpc) is 2.93.